The predicted octanol–water partition coefficient (Wildman–Crippen LogP) is 4.12. The first kappa shape index (κ1) is 10.9. The van der Waals surface area contributed by atoms with Gasteiger partial charge in [0.2, 0.25) is 0 Å². The first-order chi connectivity index (χ1) is 7.29. The molecule has 1 nitrogen and oxygen atoms in total. The van der Waals surface area contributed by atoms with Gasteiger partial charge in [0.15, 0.2) is 0 Å². The van der Waals surface area contributed by atoms with Gasteiger partial charge in [-0.1, -0.05) is 24.1 Å². The summed E-state index contributed by atoms with van der Waals surface area (Å²) in [5.41, 5.74) is 0. The molecule has 2 unspecified atom stereocenters. The van der Waals surface area contributed by atoms with E-state index in [9.17, 15) is 0 Å². The van der Waals surface area contributed by atoms with Gasteiger partial charge in [-0.25, -0.2) is 0 Å². The molecule has 0 amide bonds. The fourth-order valence-corrected chi connectivity index (χ4v) is 3.53. The molecule has 1 saturated carbocycles. The largest absolute Gasteiger partial charge is 0.198 e. The molecule has 15 heavy (non-hydrogen) atoms. The predicted molar refractivity (Wildman–Crippen MR) is 64.1 cm³/mol. The van der Waals surface area contributed by atoms with Gasteiger partial charge in [0.05, 0.1) is 12.0 Å². The molecular weight excluding hydrogens is 226 g/mol. The van der Waals surface area contributed by atoms with Gasteiger partial charge in [-0.3, -0.25) is 0 Å². The minimum atomic E-state index is 0.217. The van der Waals surface area contributed by atoms with Crippen molar-refractivity contribution in [2.24, 2.45) is 5.92 Å². The Morgan fingerprint density at radius 1 is 1.40 bits per heavy atom. The molecule has 0 radical (unpaired) electrons. The van der Waals surface area contributed by atoms with Crippen molar-refractivity contribution in [3.8, 4) is 6.07 Å². The van der Waals surface area contributed by atoms with E-state index in [-0.39, 0.29) is 5.92 Å². The van der Waals surface area contributed by atoms with E-state index in [1.165, 1.54) is 11.3 Å². The van der Waals surface area contributed by atoms with E-state index in [0.717, 1.165) is 17.9 Å². The Hall–Kier alpha value is -0.650. The Bertz CT molecular complexity index is 385. The zero-order valence-corrected chi connectivity index (χ0v) is 9.89. The number of halogens is 1. The lowest BCUT2D eigenvalue weighted by atomic mass is 10.1. The molecule has 1 aromatic rings. The molecule has 2 rings (SSSR count). The van der Waals surface area contributed by atoms with E-state index in [0.29, 0.717) is 5.25 Å². The summed E-state index contributed by atoms with van der Waals surface area (Å²) in [6.45, 7) is 0. The fraction of sp³-hybridized carbons (Fsp3) is 0.417. The van der Waals surface area contributed by atoms with E-state index in [4.69, 9.17) is 16.9 Å². The van der Waals surface area contributed by atoms with Crippen molar-refractivity contribution in [1.82, 2.24) is 0 Å². The molecule has 78 valence electrons. The third-order valence-corrected chi connectivity index (χ3v) is 4.33. The molecule has 1 aliphatic carbocycles. The quantitative estimate of drug-likeness (QED) is 0.773. The molecule has 0 aliphatic heterocycles. The second-order valence-electron chi connectivity index (χ2n) is 3.78. The van der Waals surface area contributed by atoms with Crippen molar-refractivity contribution < 1.29 is 0 Å². The Labute approximate surface area is 99.4 Å². The number of nitriles is 1. The van der Waals surface area contributed by atoms with Gasteiger partial charge < -0.3 is 0 Å². The van der Waals surface area contributed by atoms with Crippen LogP contribution in [0.15, 0.2) is 29.2 Å². The molecule has 1 aliphatic rings. The summed E-state index contributed by atoms with van der Waals surface area (Å²) in [6, 6.07) is 10.3. The average Bonchev–Trinajstić information content (AvgIpc) is 2.65. The van der Waals surface area contributed by atoms with Crippen LogP contribution in [-0.2, 0) is 0 Å². The van der Waals surface area contributed by atoms with Gasteiger partial charge in [0, 0.05) is 15.2 Å². The standard InChI is InChI=1S/C12H12ClNS/c13-10-4-2-5-11(7-10)15-12-6-1-3-9(12)8-14/h2,4-5,7,9,12H,1,3,6H2. The van der Waals surface area contributed by atoms with Gasteiger partial charge in [0.1, 0.15) is 0 Å². The highest BCUT2D eigenvalue weighted by Crippen LogP contribution is 2.39. The smallest absolute Gasteiger partial charge is 0.0667 e. The van der Waals surface area contributed by atoms with Gasteiger partial charge in [-0.15, -0.1) is 11.8 Å². The molecule has 0 N–H and O–H groups in total. The summed E-state index contributed by atoms with van der Waals surface area (Å²) in [5.74, 6) is 0.217. The zero-order valence-electron chi connectivity index (χ0n) is 8.32. The van der Waals surface area contributed by atoms with Crippen LogP contribution >= 0.6 is 23.4 Å². The highest BCUT2D eigenvalue weighted by Gasteiger charge is 2.27. The van der Waals surface area contributed by atoms with Crippen LogP contribution in [0, 0.1) is 17.2 Å². The Balaban J connectivity index is 2.06. The van der Waals surface area contributed by atoms with Gasteiger partial charge >= 0.3 is 0 Å². The van der Waals surface area contributed by atoms with E-state index in [1.807, 2.05) is 18.2 Å². The molecule has 1 fully saturated rings. The number of benzene rings is 1. The lowest BCUT2D eigenvalue weighted by Gasteiger charge is -2.12. The molecule has 0 bridgehead atoms. The Morgan fingerprint density at radius 3 is 3.00 bits per heavy atom. The molecule has 0 spiro atoms. The van der Waals surface area contributed by atoms with E-state index >= 15 is 0 Å². The van der Waals surface area contributed by atoms with Crippen LogP contribution in [0.3, 0.4) is 0 Å². The SMILES string of the molecule is N#CC1CCCC1Sc1cccc(Cl)c1. The molecule has 0 heterocycles. The molecule has 3 heteroatoms. The summed E-state index contributed by atoms with van der Waals surface area (Å²) < 4.78 is 0. The third-order valence-electron chi connectivity index (χ3n) is 2.70. The third kappa shape index (κ3) is 2.68. The van der Waals surface area contributed by atoms with Crippen molar-refractivity contribution in [2.75, 3.05) is 0 Å². The van der Waals surface area contributed by atoms with E-state index in [1.54, 1.807) is 11.8 Å². The first-order valence-electron chi connectivity index (χ1n) is 5.11. The normalized spacial score (nSPS) is 25.1. The van der Waals surface area contributed by atoms with Gasteiger partial charge in [-0.2, -0.15) is 5.26 Å². The number of hydrogen-bond acceptors (Lipinski definition) is 2. The van der Waals surface area contributed by atoms with Crippen LogP contribution in [-0.4, -0.2) is 5.25 Å². The van der Waals surface area contributed by atoms with Crippen molar-refractivity contribution in [2.45, 2.75) is 29.4 Å². The Morgan fingerprint density at radius 2 is 2.27 bits per heavy atom. The van der Waals surface area contributed by atoms with Gasteiger partial charge in [-0.05, 0) is 31.0 Å². The maximum Gasteiger partial charge on any atom is 0.0667 e. The van der Waals surface area contributed by atoms with Gasteiger partial charge in [0.25, 0.3) is 0 Å². The molecule has 0 saturated heterocycles. The van der Waals surface area contributed by atoms with Crippen LogP contribution in [0.2, 0.25) is 5.02 Å². The average molecular weight is 238 g/mol. The van der Waals surface area contributed by atoms with Crippen LogP contribution in [0.25, 0.3) is 0 Å². The second kappa shape index (κ2) is 4.92. The molecule has 1 aromatic carbocycles. The van der Waals surface area contributed by atoms with Crippen LogP contribution in [0.5, 0.6) is 0 Å². The van der Waals surface area contributed by atoms with Crippen molar-refractivity contribution >= 4 is 23.4 Å². The number of thioether (sulfide) groups is 1. The minimum absolute atomic E-state index is 0.217. The highest BCUT2D eigenvalue weighted by molar-refractivity contribution is 8.00. The summed E-state index contributed by atoms with van der Waals surface area (Å²) in [7, 11) is 0. The van der Waals surface area contributed by atoms with Crippen molar-refractivity contribution in [1.29, 1.82) is 5.26 Å². The second-order valence-corrected chi connectivity index (χ2v) is 5.53. The van der Waals surface area contributed by atoms with Crippen LogP contribution < -0.4 is 0 Å². The summed E-state index contributed by atoms with van der Waals surface area (Å²) in [4.78, 5) is 1.18. The number of rotatable bonds is 2. The fourth-order valence-electron chi connectivity index (χ4n) is 1.93. The lowest BCUT2D eigenvalue weighted by molar-refractivity contribution is 0.714. The first-order valence-corrected chi connectivity index (χ1v) is 6.37. The summed E-state index contributed by atoms with van der Waals surface area (Å²) in [5, 5.41) is 10.2. The van der Waals surface area contributed by atoms with Crippen LogP contribution in [0.1, 0.15) is 19.3 Å². The monoisotopic (exact) mass is 237 g/mol. The highest BCUT2D eigenvalue weighted by atomic mass is 35.5. The number of hydrogen-bond donors (Lipinski definition) is 0. The molecule has 2 atom stereocenters. The molecular formula is C12H12ClNS. The minimum Gasteiger partial charge on any atom is -0.198 e. The van der Waals surface area contributed by atoms with E-state index in [2.05, 4.69) is 12.1 Å². The zero-order chi connectivity index (χ0) is 10.7. The summed E-state index contributed by atoms with van der Waals surface area (Å²) >= 11 is 7.71. The maximum absolute atomic E-state index is 8.98. The number of nitrogens with zero attached hydrogens (tertiary/aromatic N) is 1. The van der Waals surface area contributed by atoms with Crippen molar-refractivity contribution in [3.63, 3.8) is 0 Å². The maximum atomic E-state index is 8.98. The van der Waals surface area contributed by atoms with E-state index < -0.39 is 0 Å². The van der Waals surface area contributed by atoms with Crippen LogP contribution in [0.4, 0.5) is 0 Å². The molecule has 0 aromatic heterocycles. The van der Waals surface area contributed by atoms with Crippen molar-refractivity contribution in [3.05, 3.63) is 29.3 Å². The Kier molecular flexibility index (Phi) is 3.56. The summed E-state index contributed by atoms with van der Waals surface area (Å²) in [6.07, 6.45) is 3.38. The topological polar surface area (TPSA) is 23.8 Å². The lowest BCUT2D eigenvalue weighted by Crippen LogP contribution is -2.06.